The van der Waals surface area contributed by atoms with Gasteiger partial charge in [-0.1, -0.05) is 117 Å². The van der Waals surface area contributed by atoms with Crippen LogP contribution < -0.4 is 5.32 Å². The van der Waals surface area contributed by atoms with Gasteiger partial charge in [0.15, 0.2) is 0 Å². The van der Waals surface area contributed by atoms with E-state index in [1.807, 2.05) is 0 Å². The molecule has 3 nitrogen and oxygen atoms in total. The molecule has 160 valence electrons. The van der Waals surface area contributed by atoms with Gasteiger partial charge < -0.3 is 0 Å². The molecular weight excluding hydrogens is 334 g/mol. The molecule has 27 heavy (non-hydrogen) atoms. The number of carbonyl (C=O) groups excluding carboxylic acids is 2. The Bertz CT molecular complexity index is 334. The van der Waals surface area contributed by atoms with Crippen molar-refractivity contribution in [2.75, 3.05) is 0 Å². The van der Waals surface area contributed by atoms with Crippen LogP contribution in [0.3, 0.4) is 0 Å². The molecule has 0 aliphatic heterocycles. The number of rotatable bonds is 19. The van der Waals surface area contributed by atoms with Crippen LogP contribution in [0.5, 0.6) is 0 Å². The van der Waals surface area contributed by atoms with Gasteiger partial charge in [0.1, 0.15) is 0 Å². The summed E-state index contributed by atoms with van der Waals surface area (Å²) in [6, 6.07) is 0. The maximum atomic E-state index is 12.3. The summed E-state index contributed by atoms with van der Waals surface area (Å²) in [5.41, 5.74) is 0. The number of carbonyl (C=O) groups is 2. The van der Waals surface area contributed by atoms with Crippen LogP contribution in [-0.2, 0) is 9.59 Å². The zero-order chi connectivity index (χ0) is 20.2. The molecule has 0 heterocycles. The molecule has 0 aliphatic rings. The van der Waals surface area contributed by atoms with Gasteiger partial charge in [0.2, 0.25) is 11.8 Å². The molecule has 1 N–H and O–H groups in total. The van der Waals surface area contributed by atoms with Crippen LogP contribution in [0.25, 0.3) is 0 Å². The van der Waals surface area contributed by atoms with Crippen molar-refractivity contribution < 1.29 is 9.59 Å². The lowest BCUT2D eigenvalue weighted by molar-refractivity contribution is -0.132. The van der Waals surface area contributed by atoms with Crippen LogP contribution in [0.1, 0.15) is 136 Å². The second-order valence-electron chi connectivity index (χ2n) is 8.27. The minimum atomic E-state index is -0.225. The predicted octanol–water partition coefficient (Wildman–Crippen LogP) is 7.33. The molecule has 0 aliphatic carbocycles. The van der Waals surface area contributed by atoms with Crippen LogP contribution in [0, 0.1) is 5.92 Å². The highest BCUT2D eigenvalue weighted by Crippen LogP contribution is 2.20. The molecule has 0 unspecified atom stereocenters. The Labute approximate surface area is 169 Å². The van der Waals surface area contributed by atoms with Gasteiger partial charge in [0, 0.05) is 12.8 Å². The van der Waals surface area contributed by atoms with Crippen molar-refractivity contribution in [2.24, 2.45) is 5.92 Å². The van der Waals surface area contributed by atoms with Gasteiger partial charge >= 0.3 is 0 Å². The van der Waals surface area contributed by atoms with Crippen LogP contribution in [-0.4, -0.2) is 11.8 Å². The van der Waals surface area contributed by atoms with Crippen molar-refractivity contribution in [3.05, 3.63) is 0 Å². The van der Waals surface area contributed by atoms with E-state index in [1.54, 1.807) is 0 Å². The molecule has 0 aromatic rings. The third-order valence-electron chi connectivity index (χ3n) is 5.48. The van der Waals surface area contributed by atoms with E-state index in [9.17, 15) is 9.59 Å². The van der Waals surface area contributed by atoms with Gasteiger partial charge in [-0.05, 0) is 12.8 Å². The molecule has 2 amide bonds. The Balaban J connectivity index is 3.91. The minimum Gasteiger partial charge on any atom is -0.296 e. The number of imide groups is 1. The lowest BCUT2D eigenvalue weighted by atomic mass is 9.93. The monoisotopic (exact) mass is 381 g/mol. The Morgan fingerprint density at radius 2 is 0.926 bits per heavy atom. The zero-order valence-electron chi connectivity index (χ0n) is 18.6. The van der Waals surface area contributed by atoms with E-state index < -0.39 is 0 Å². The van der Waals surface area contributed by atoms with E-state index in [0.717, 1.165) is 25.7 Å². The molecule has 3 heteroatoms. The predicted molar refractivity (Wildman–Crippen MR) is 117 cm³/mol. The highest BCUT2D eigenvalue weighted by atomic mass is 16.2. The lowest BCUT2D eigenvalue weighted by Crippen LogP contribution is -2.34. The summed E-state index contributed by atoms with van der Waals surface area (Å²) in [7, 11) is 0. The lowest BCUT2D eigenvalue weighted by Gasteiger charge is -2.16. The number of hydrogen-bond acceptors (Lipinski definition) is 2. The smallest absolute Gasteiger partial charge is 0.229 e. The molecule has 0 spiro atoms. The molecule has 0 saturated carbocycles. The van der Waals surface area contributed by atoms with Crippen molar-refractivity contribution in [1.82, 2.24) is 5.32 Å². The molecule has 0 radical (unpaired) electrons. The van der Waals surface area contributed by atoms with Crippen LogP contribution >= 0.6 is 0 Å². The fourth-order valence-electron chi connectivity index (χ4n) is 3.73. The van der Waals surface area contributed by atoms with Gasteiger partial charge in [-0.15, -0.1) is 0 Å². The Hall–Kier alpha value is -0.860. The summed E-state index contributed by atoms with van der Waals surface area (Å²) in [6.45, 7) is 5.93. The standard InChI is InChI=1S/C24H47NO2/c1-4-6-8-10-12-14-16-18-20-23(24(27)25-22(3)26)21-19-17-15-13-11-9-7-5-2/h23H,4-21H2,1-3H3,(H,25,26,27). The maximum Gasteiger partial charge on any atom is 0.229 e. The first-order valence-electron chi connectivity index (χ1n) is 11.9. The fraction of sp³-hybridized carbons (Fsp3) is 0.917. The molecule has 0 fully saturated rings. The molecule has 0 bridgehead atoms. The van der Waals surface area contributed by atoms with E-state index >= 15 is 0 Å². The first-order valence-corrected chi connectivity index (χ1v) is 11.9. The van der Waals surface area contributed by atoms with Crippen molar-refractivity contribution in [3.8, 4) is 0 Å². The van der Waals surface area contributed by atoms with Crippen LogP contribution in [0.4, 0.5) is 0 Å². The number of hydrogen-bond donors (Lipinski definition) is 1. The molecule has 0 aromatic heterocycles. The van der Waals surface area contributed by atoms with Crippen LogP contribution in [0.2, 0.25) is 0 Å². The molecular formula is C24H47NO2. The second-order valence-corrected chi connectivity index (χ2v) is 8.27. The number of amides is 2. The normalized spacial score (nSPS) is 11.1. The Morgan fingerprint density at radius 3 is 1.26 bits per heavy atom. The first-order chi connectivity index (χ1) is 13.1. The van der Waals surface area contributed by atoms with Gasteiger partial charge in [-0.3, -0.25) is 14.9 Å². The SMILES string of the molecule is CCCCCCCCCCC(CCCCCCCCCC)C(=O)NC(C)=O. The van der Waals surface area contributed by atoms with Gasteiger partial charge in [0.25, 0.3) is 0 Å². The fourth-order valence-corrected chi connectivity index (χ4v) is 3.73. The van der Waals surface area contributed by atoms with Gasteiger partial charge in [-0.25, -0.2) is 0 Å². The second kappa shape index (κ2) is 19.9. The first kappa shape index (κ1) is 26.1. The summed E-state index contributed by atoms with van der Waals surface area (Å²) in [4.78, 5) is 23.5. The Morgan fingerprint density at radius 1 is 0.593 bits per heavy atom. The molecule has 0 rings (SSSR count). The molecule has 0 atom stereocenters. The quantitative estimate of drug-likeness (QED) is 0.238. The van der Waals surface area contributed by atoms with Crippen molar-refractivity contribution in [2.45, 2.75) is 136 Å². The van der Waals surface area contributed by atoms with Crippen molar-refractivity contribution >= 4 is 11.8 Å². The van der Waals surface area contributed by atoms with E-state index in [0.29, 0.717) is 0 Å². The third kappa shape index (κ3) is 18.3. The summed E-state index contributed by atoms with van der Waals surface area (Å²) >= 11 is 0. The van der Waals surface area contributed by atoms with Crippen molar-refractivity contribution in [1.29, 1.82) is 0 Å². The van der Waals surface area contributed by atoms with E-state index in [1.165, 1.54) is 96.8 Å². The van der Waals surface area contributed by atoms with Crippen LogP contribution in [0.15, 0.2) is 0 Å². The summed E-state index contributed by atoms with van der Waals surface area (Å²) < 4.78 is 0. The third-order valence-corrected chi connectivity index (χ3v) is 5.48. The number of nitrogens with one attached hydrogen (secondary N) is 1. The summed E-state index contributed by atoms with van der Waals surface area (Å²) in [6.07, 6.45) is 22.4. The minimum absolute atomic E-state index is 0.0223. The van der Waals surface area contributed by atoms with Gasteiger partial charge in [-0.2, -0.15) is 0 Å². The zero-order valence-corrected chi connectivity index (χ0v) is 18.6. The number of unbranched alkanes of at least 4 members (excludes halogenated alkanes) is 14. The van der Waals surface area contributed by atoms with E-state index in [2.05, 4.69) is 19.2 Å². The molecule has 0 saturated heterocycles. The maximum absolute atomic E-state index is 12.3. The Kier molecular flexibility index (Phi) is 19.3. The van der Waals surface area contributed by atoms with E-state index in [-0.39, 0.29) is 17.7 Å². The molecule has 0 aromatic carbocycles. The summed E-state index contributed by atoms with van der Waals surface area (Å²) in [5, 5.41) is 2.52. The highest BCUT2D eigenvalue weighted by molar-refractivity contribution is 5.95. The van der Waals surface area contributed by atoms with Crippen molar-refractivity contribution in [3.63, 3.8) is 0 Å². The summed E-state index contributed by atoms with van der Waals surface area (Å²) in [5.74, 6) is -0.251. The van der Waals surface area contributed by atoms with E-state index in [4.69, 9.17) is 0 Å². The topological polar surface area (TPSA) is 46.2 Å². The average molecular weight is 382 g/mol. The van der Waals surface area contributed by atoms with Gasteiger partial charge in [0.05, 0.1) is 0 Å². The average Bonchev–Trinajstić information content (AvgIpc) is 2.63. The largest absolute Gasteiger partial charge is 0.296 e. The highest BCUT2D eigenvalue weighted by Gasteiger charge is 2.18.